The molecule has 0 fully saturated rings. The fraction of sp³-hybridized carbons (Fsp3) is 0.111. The van der Waals surface area contributed by atoms with Crippen molar-refractivity contribution in [2.45, 2.75) is 13.8 Å². The fourth-order valence-corrected chi connectivity index (χ4v) is 3.67. The van der Waals surface area contributed by atoms with Crippen molar-refractivity contribution in [2.75, 3.05) is 0 Å². The Kier molecular flexibility index (Phi) is 11.3. The first kappa shape index (κ1) is 26.4. The number of benzene rings is 3. The van der Waals surface area contributed by atoms with Gasteiger partial charge in [-0.25, -0.2) is 5.57 Å². The molecule has 0 N–H and O–H groups in total. The molecule has 0 amide bonds. The molecule has 0 saturated carbocycles. The zero-order valence-electron chi connectivity index (χ0n) is 17.2. The molecule has 0 aromatic heterocycles. The zero-order valence-corrected chi connectivity index (χ0v) is 21.2. The normalized spacial score (nSPS) is 14.2. The quantitative estimate of drug-likeness (QED) is 0.337. The maximum atomic E-state index is 3.39. The summed E-state index contributed by atoms with van der Waals surface area (Å²) in [4.78, 5) is 0. The van der Waals surface area contributed by atoms with E-state index in [4.69, 9.17) is 0 Å². The van der Waals surface area contributed by atoms with Crippen LogP contribution in [0.2, 0.25) is 0 Å². The summed E-state index contributed by atoms with van der Waals surface area (Å²) in [5.41, 5.74) is 3.92. The van der Waals surface area contributed by atoms with Crippen LogP contribution < -0.4 is 24.8 Å². The Labute approximate surface area is 207 Å². The van der Waals surface area contributed by atoms with Crippen molar-refractivity contribution in [2.24, 2.45) is 5.92 Å². The van der Waals surface area contributed by atoms with Crippen molar-refractivity contribution >= 4 is 31.3 Å². The predicted molar refractivity (Wildman–Crippen MR) is 120 cm³/mol. The van der Waals surface area contributed by atoms with Gasteiger partial charge in [0, 0.05) is 0 Å². The van der Waals surface area contributed by atoms with Crippen LogP contribution in [-0.4, -0.2) is 4.21 Å². The van der Waals surface area contributed by atoms with Gasteiger partial charge in [-0.1, -0.05) is 86.5 Å². The summed E-state index contributed by atoms with van der Waals surface area (Å²) in [6.45, 7) is 4.29. The summed E-state index contributed by atoms with van der Waals surface area (Å²) in [5, 5.41) is 5.39. The average Bonchev–Trinajstić information content (AvgIpc) is 3.30. The second kappa shape index (κ2) is 12.9. The van der Waals surface area contributed by atoms with E-state index in [9.17, 15) is 0 Å². The predicted octanol–water partition coefficient (Wildman–Crippen LogP) is 1.15. The summed E-state index contributed by atoms with van der Waals surface area (Å²) in [5.74, 6) is 0.468. The van der Waals surface area contributed by atoms with Gasteiger partial charge in [-0.2, -0.15) is 11.6 Å². The van der Waals surface area contributed by atoms with Gasteiger partial charge in [0.05, 0.1) is 0 Å². The summed E-state index contributed by atoms with van der Waals surface area (Å²) >= 11 is 1.30. The van der Waals surface area contributed by atoms with Crippen molar-refractivity contribution in [1.29, 1.82) is 0 Å². The van der Waals surface area contributed by atoms with E-state index < -0.39 is 0 Å². The SMILES string of the molecule is CC1=[C-]C(C)C=C1c1ccccc1.[CH2]=[Zr+2].[Cl-].[Cl-].c1ccc2c(c1)[cH-]c1ccccc12. The summed E-state index contributed by atoms with van der Waals surface area (Å²) < 4.78 is 3.34. The molecule has 0 saturated heterocycles. The van der Waals surface area contributed by atoms with Gasteiger partial charge < -0.3 is 24.8 Å². The Morgan fingerprint density at radius 3 is 1.70 bits per heavy atom. The first-order valence-corrected chi connectivity index (χ1v) is 11.2. The topological polar surface area (TPSA) is 0 Å². The van der Waals surface area contributed by atoms with Crippen LogP contribution in [0, 0.1) is 12.0 Å². The van der Waals surface area contributed by atoms with E-state index >= 15 is 0 Å². The molecular formula is C27H24Cl2Zr-2. The standard InChI is InChI=1S/C13H9.C13H13.CH2.2ClH.Zr/c1-3-7-12-10(5-1)9-11-6-2-4-8-13(11)12;1-10-8-11(2)13(9-10)12-6-4-3-5-7-12;;;;/h1-9H;3-7,9-10H,1-2H3;1H2;2*1H;/q2*-1;;;;+2/p-2. The maximum absolute atomic E-state index is 3.39. The summed E-state index contributed by atoms with van der Waals surface area (Å²) in [7, 11) is 0. The van der Waals surface area contributed by atoms with Gasteiger partial charge in [-0.05, 0) is 0 Å². The van der Waals surface area contributed by atoms with E-state index in [1.54, 1.807) is 0 Å². The van der Waals surface area contributed by atoms with Gasteiger partial charge in [0.25, 0.3) is 0 Å². The molecule has 0 bridgehead atoms. The van der Waals surface area contributed by atoms with Crippen LogP contribution in [0.5, 0.6) is 0 Å². The summed E-state index contributed by atoms with van der Waals surface area (Å²) in [6.07, 6.45) is 5.66. The van der Waals surface area contributed by atoms with Crippen LogP contribution in [0.1, 0.15) is 19.4 Å². The second-order valence-electron chi connectivity index (χ2n) is 6.82. The monoisotopic (exact) mass is 508 g/mol. The van der Waals surface area contributed by atoms with Crippen LogP contribution in [0.4, 0.5) is 0 Å². The minimum Gasteiger partial charge on any atom is -1.00 e. The Morgan fingerprint density at radius 2 is 1.23 bits per heavy atom. The molecule has 0 nitrogen and oxygen atoms in total. The van der Waals surface area contributed by atoms with Crippen molar-refractivity contribution in [3.05, 3.63) is 108 Å². The fourth-order valence-electron chi connectivity index (χ4n) is 3.67. The second-order valence-corrected chi connectivity index (χ2v) is 6.82. The molecule has 3 heteroatoms. The van der Waals surface area contributed by atoms with Crippen molar-refractivity contribution in [3.63, 3.8) is 0 Å². The zero-order chi connectivity index (χ0) is 19.9. The third-order valence-electron chi connectivity index (χ3n) is 4.87. The molecule has 4 aromatic rings. The number of fused-ring (bicyclic) bond motifs is 3. The third-order valence-corrected chi connectivity index (χ3v) is 4.87. The van der Waals surface area contributed by atoms with Crippen LogP contribution in [0.3, 0.4) is 0 Å². The molecule has 1 unspecified atom stereocenters. The maximum Gasteiger partial charge on any atom is -0.0771 e. The van der Waals surface area contributed by atoms with Gasteiger partial charge in [0.15, 0.2) is 0 Å². The largest absolute Gasteiger partial charge is 1.00 e. The Hall–Kier alpha value is -1.66. The van der Waals surface area contributed by atoms with Crippen LogP contribution >= 0.6 is 0 Å². The molecule has 152 valence electrons. The molecule has 1 aliphatic rings. The van der Waals surface area contributed by atoms with Gasteiger partial charge in [0.1, 0.15) is 0 Å². The molecule has 5 rings (SSSR count). The average molecular weight is 511 g/mol. The van der Waals surface area contributed by atoms with Crippen molar-refractivity contribution in [1.82, 2.24) is 0 Å². The number of rotatable bonds is 1. The minimum atomic E-state index is 0. The Balaban J connectivity index is 0.000000261. The smallest absolute Gasteiger partial charge is 0.0771 e. The molecule has 0 heterocycles. The third kappa shape index (κ3) is 6.18. The molecule has 1 atom stereocenters. The van der Waals surface area contributed by atoms with E-state index in [0.717, 1.165) is 0 Å². The molecule has 30 heavy (non-hydrogen) atoms. The number of hydrogen-bond donors (Lipinski definition) is 0. The van der Waals surface area contributed by atoms with Crippen LogP contribution in [-0.2, 0) is 24.2 Å². The van der Waals surface area contributed by atoms with Crippen molar-refractivity contribution in [3.8, 4) is 0 Å². The minimum absolute atomic E-state index is 0. The summed E-state index contributed by atoms with van der Waals surface area (Å²) in [6, 6.07) is 29.8. The number of hydrogen-bond acceptors (Lipinski definition) is 0. The van der Waals surface area contributed by atoms with Gasteiger partial charge in [0.2, 0.25) is 0 Å². The van der Waals surface area contributed by atoms with E-state index in [1.807, 2.05) is 6.07 Å². The Bertz CT molecular complexity index is 1070. The van der Waals surface area contributed by atoms with Gasteiger partial charge in [-0.3, -0.25) is 6.08 Å². The first-order valence-electron chi connectivity index (χ1n) is 9.48. The Morgan fingerprint density at radius 1 is 0.767 bits per heavy atom. The van der Waals surface area contributed by atoms with E-state index in [1.165, 1.54) is 62.5 Å². The first-order chi connectivity index (χ1) is 13.7. The van der Waals surface area contributed by atoms with E-state index in [-0.39, 0.29) is 24.8 Å². The molecule has 0 spiro atoms. The number of halogens is 2. The van der Waals surface area contributed by atoms with E-state index in [0.29, 0.717) is 5.92 Å². The number of allylic oxidation sites excluding steroid dienone is 4. The molecule has 1 aliphatic carbocycles. The molecule has 0 aliphatic heterocycles. The molecular weight excluding hydrogens is 486 g/mol. The van der Waals surface area contributed by atoms with Crippen molar-refractivity contribution < 1.29 is 49.0 Å². The van der Waals surface area contributed by atoms with Crippen LogP contribution in [0.15, 0.2) is 96.6 Å². The molecule has 0 radical (unpaired) electrons. The van der Waals surface area contributed by atoms with Crippen LogP contribution in [0.25, 0.3) is 27.1 Å². The van der Waals surface area contributed by atoms with Gasteiger partial charge in [-0.15, -0.1) is 45.3 Å². The van der Waals surface area contributed by atoms with E-state index in [2.05, 4.69) is 109 Å². The molecule has 4 aromatic carbocycles. The van der Waals surface area contributed by atoms with Gasteiger partial charge >= 0.3 is 28.4 Å².